The van der Waals surface area contributed by atoms with Crippen LogP contribution >= 0.6 is 15.6 Å². The first kappa shape index (κ1) is 106. The molecule has 0 radical (unpaired) electrons. The summed E-state index contributed by atoms with van der Waals surface area (Å²) in [6, 6.07) is 0. The number of carbonyl (C=O) groups excluding carboxylic acids is 4. The lowest BCUT2D eigenvalue weighted by Crippen LogP contribution is -2.30. The summed E-state index contributed by atoms with van der Waals surface area (Å²) < 4.78 is 69.0. The highest BCUT2D eigenvalue weighted by Gasteiger charge is 2.31. The quantitative estimate of drug-likeness (QED) is 0.0222. The smallest absolute Gasteiger partial charge is 0.462 e. The van der Waals surface area contributed by atoms with Gasteiger partial charge in [-0.15, -0.1) is 0 Å². The third-order valence-corrected chi connectivity index (χ3v) is 23.5. The standard InChI is InChI=1S/C89H174O17P2/c1-8-11-12-13-14-15-16-17-18-19-20-21-22-23-31-36-43-51-58-65-72-88(93)105-84(76-99-86(91)70-63-56-49-42-35-30-26-24-28-33-40-47-54-61-68-81(6)9-2)78-103-107(95,96)101-74-83(90)75-102-108(97,98)104-79-85(77-100-87(92)71-64-57-50-45-38-39-46-53-60-67-80(4)5)106-89(94)73-66-59-52-44-37-32-27-25-29-34-41-48-55-62-69-82(7)10-3/h80-85,90H,8-79H2,1-7H3,(H,95,96)(H,97,98)/t81?,82?,83-,84-,85-/m1/s1. The van der Waals surface area contributed by atoms with Crippen LogP contribution in [0.5, 0.6) is 0 Å². The van der Waals surface area contributed by atoms with Gasteiger partial charge in [-0.25, -0.2) is 9.13 Å². The molecular weight excluding hydrogens is 1400 g/mol. The van der Waals surface area contributed by atoms with Gasteiger partial charge in [0.25, 0.3) is 0 Å². The average molecular weight is 1580 g/mol. The molecule has 0 fully saturated rings. The summed E-state index contributed by atoms with van der Waals surface area (Å²) in [6.45, 7) is 12.1. The molecule has 0 aliphatic carbocycles. The fraction of sp³-hybridized carbons (Fsp3) is 0.955. The minimum Gasteiger partial charge on any atom is -0.462 e. The van der Waals surface area contributed by atoms with Crippen molar-refractivity contribution in [3.63, 3.8) is 0 Å². The first-order chi connectivity index (χ1) is 52.3. The van der Waals surface area contributed by atoms with E-state index < -0.39 is 97.5 Å². The van der Waals surface area contributed by atoms with Crippen LogP contribution in [0.15, 0.2) is 0 Å². The van der Waals surface area contributed by atoms with E-state index in [1.165, 1.54) is 283 Å². The number of unbranched alkanes of at least 4 members (excludes halogenated alkanes) is 53. The van der Waals surface area contributed by atoms with E-state index in [1.54, 1.807) is 0 Å². The van der Waals surface area contributed by atoms with E-state index in [2.05, 4.69) is 48.5 Å². The molecule has 0 aliphatic heterocycles. The van der Waals surface area contributed by atoms with E-state index in [0.717, 1.165) is 108 Å². The number of aliphatic hydroxyl groups excluding tert-OH is 1. The Kier molecular flexibility index (Phi) is 77.5. The molecule has 17 nitrogen and oxygen atoms in total. The summed E-state index contributed by atoms with van der Waals surface area (Å²) in [5, 5.41) is 10.7. The van der Waals surface area contributed by atoms with Crippen LogP contribution in [0.2, 0.25) is 0 Å². The zero-order valence-electron chi connectivity index (χ0n) is 71.3. The number of phosphoric ester groups is 2. The third kappa shape index (κ3) is 79.3. The van der Waals surface area contributed by atoms with Gasteiger partial charge in [-0.05, 0) is 43.4 Å². The first-order valence-electron chi connectivity index (χ1n) is 45.9. The van der Waals surface area contributed by atoms with Crippen molar-refractivity contribution >= 4 is 39.5 Å². The number of hydrogen-bond donors (Lipinski definition) is 3. The van der Waals surface area contributed by atoms with E-state index in [1.807, 2.05) is 0 Å². The first-order valence-corrected chi connectivity index (χ1v) is 48.9. The summed E-state index contributed by atoms with van der Waals surface area (Å²) in [7, 11) is -9.94. The van der Waals surface area contributed by atoms with Gasteiger partial charge in [-0.3, -0.25) is 37.3 Å². The van der Waals surface area contributed by atoms with Crippen LogP contribution in [0.3, 0.4) is 0 Å². The number of phosphoric acid groups is 2. The van der Waals surface area contributed by atoms with Crippen molar-refractivity contribution in [3.8, 4) is 0 Å². The molecule has 0 aromatic rings. The van der Waals surface area contributed by atoms with Crippen molar-refractivity contribution in [1.29, 1.82) is 0 Å². The number of carbonyl (C=O) groups is 4. The molecule has 0 aliphatic rings. The minimum atomic E-state index is -4.97. The molecule has 0 amide bonds. The monoisotopic (exact) mass is 1580 g/mol. The molecule has 0 spiro atoms. The van der Waals surface area contributed by atoms with Gasteiger partial charge in [0, 0.05) is 25.7 Å². The molecule has 642 valence electrons. The van der Waals surface area contributed by atoms with Gasteiger partial charge in [0.2, 0.25) is 0 Å². The largest absolute Gasteiger partial charge is 0.472 e. The second-order valence-corrected chi connectivity index (χ2v) is 35.9. The average Bonchev–Trinajstić information content (AvgIpc) is 0.899. The van der Waals surface area contributed by atoms with Crippen LogP contribution in [0.4, 0.5) is 0 Å². The summed E-state index contributed by atoms with van der Waals surface area (Å²) in [6.07, 6.45) is 70.7. The van der Waals surface area contributed by atoms with Crippen LogP contribution in [-0.2, 0) is 65.4 Å². The zero-order chi connectivity index (χ0) is 79.3. The van der Waals surface area contributed by atoms with Crippen molar-refractivity contribution in [2.45, 2.75) is 491 Å². The van der Waals surface area contributed by atoms with Gasteiger partial charge in [0.05, 0.1) is 26.4 Å². The fourth-order valence-electron chi connectivity index (χ4n) is 13.8. The van der Waals surface area contributed by atoms with Crippen LogP contribution in [0.25, 0.3) is 0 Å². The topological polar surface area (TPSA) is 237 Å². The number of hydrogen-bond acceptors (Lipinski definition) is 15. The fourth-order valence-corrected chi connectivity index (χ4v) is 15.4. The SMILES string of the molecule is CCCCCCCCCCCCCCCCCCCCCCC(=O)O[C@H](COC(=O)CCCCCCCCCCCCCCCCC(C)CC)COP(=O)(O)OC[C@@H](O)COP(=O)(O)OC[C@@H](COC(=O)CCCCCCCCCCCC(C)C)OC(=O)CCCCCCCCCCCCCCCCC(C)CC. The maximum Gasteiger partial charge on any atom is 0.472 e. The maximum atomic E-state index is 13.2. The highest BCUT2D eigenvalue weighted by atomic mass is 31.2. The van der Waals surface area contributed by atoms with Crippen LogP contribution in [0, 0.1) is 17.8 Å². The summed E-state index contributed by atoms with van der Waals surface area (Å²) in [5.41, 5.74) is 0. The lowest BCUT2D eigenvalue weighted by molar-refractivity contribution is -0.161. The molecule has 0 saturated heterocycles. The predicted molar refractivity (Wildman–Crippen MR) is 446 cm³/mol. The van der Waals surface area contributed by atoms with Crippen molar-refractivity contribution in [2.75, 3.05) is 39.6 Å². The Bertz CT molecular complexity index is 2080. The van der Waals surface area contributed by atoms with Gasteiger partial charge in [-0.2, -0.15) is 0 Å². The number of aliphatic hydroxyl groups is 1. The Labute approximate surface area is 664 Å². The number of esters is 4. The van der Waals surface area contributed by atoms with E-state index in [0.29, 0.717) is 25.7 Å². The molecule has 0 rings (SSSR count). The second-order valence-electron chi connectivity index (χ2n) is 32.9. The Balaban J connectivity index is 5.26. The molecule has 0 aromatic heterocycles. The Morgan fingerprint density at radius 2 is 0.472 bits per heavy atom. The van der Waals surface area contributed by atoms with E-state index >= 15 is 0 Å². The normalized spacial score (nSPS) is 14.3. The van der Waals surface area contributed by atoms with E-state index in [-0.39, 0.29) is 25.7 Å². The molecule has 0 heterocycles. The number of rotatable bonds is 87. The third-order valence-electron chi connectivity index (χ3n) is 21.6. The Morgan fingerprint density at radius 3 is 0.704 bits per heavy atom. The lowest BCUT2D eigenvalue weighted by Gasteiger charge is -2.21. The molecule has 108 heavy (non-hydrogen) atoms. The highest BCUT2D eigenvalue weighted by molar-refractivity contribution is 7.47. The molecule has 7 atom stereocenters. The summed E-state index contributed by atoms with van der Waals surface area (Å²) in [5.74, 6) is 0.339. The van der Waals surface area contributed by atoms with Crippen molar-refractivity contribution in [3.05, 3.63) is 0 Å². The van der Waals surface area contributed by atoms with Crippen LogP contribution in [0.1, 0.15) is 472 Å². The molecule has 19 heteroatoms. The van der Waals surface area contributed by atoms with Crippen LogP contribution in [-0.4, -0.2) is 96.7 Å². The summed E-state index contributed by atoms with van der Waals surface area (Å²) >= 11 is 0. The van der Waals surface area contributed by atoms with Gasteiger partial charge in [-0.1, -0.05) is 421 Å². The van der Waals surface area contributed by atoms with E-state index in [9.17, 15) is 43.2 Å². The Morgan fingerprint density at radius 1 is 0.269 bits per heavy atom. The van der Waals surface area contributed by atoms with Gasteiger partial charge in [0.1, 0.15) is 19.3 Å². The van der Waals surface area contributed by atoms with Gasteiger partial charge in [0.15, 0.2) is 12.2 Å². The highest BCUT2D eigenvalue weighted by Crippen LogP contribution is 2.45. The van der Waals surface area contributed by atoms with Crippen molar-refractivity contribution in [2.24, 2.45) is 17.8 Å². The van der Waals surface area contributed by atoms with Gasteiger partial charge >= 0.3 is 39.5 Å². The maximum absolute atomic E-state index is 13.2. The van der Waals surface area contributed by atoms with Crippen molar-refractivity contribution < 1.29 is 80.2 Å². The summed E-state index contributed by atoms with van der Waals surface area (Å²) in [4.78, 5) is 73.4. The molecule has 0 bridgehead atoms. The predicted octanol–water partition coefficient (Wildman–Crippen LogP) is 27.3. The zero-order valence-corrected chi connectivity index (χ0v) is 73.1. The van der Waals surface area contributed by atoms with E-state index in [4.69, 9.17) is 37.0 Å². The Hall–Kier alpha value is -1.94. The minimum absolute atomic E-state index is 0.107. The van der Waals surface area contributed by atoms with Crippen molar-refractivity contribution in [1.82, 2.24) is 0 Å². The second kappa shape index (κ2) is 78.9. The molecule has 4 unspecified atom stereocenters. The number of ether oxygens (including phenoxy) is 4. The lowest BCUT2D eigenvalue weighted by atomic mass is 9.99. The molecule has 3 N–H and O–H groups in total. The van der Waals surface area contributed by atoms with Gasteiger partial charge < -0.3 is 33.8 Å². The molecular formula is C89H174O17P2. The molecule has 0 saturated carbocycles. The molecule has 0 aromatic carbocycles. The van der Waals surface area contributed by atoms with Crippen LogP contribution < -0.4 is 0 Å².